The second-order valence-electron chi connectivity index (χ2n) is 2.76. The Labute approximate surface area is 125 Å². The number of hydrogen-bond acceptors (Lipinski definition) is 4. The average Bonchev–Trinajstić information content (AvgIpc) is 1.53. The molecule has 0 N–H and O–H groups in total. The van der Waals surface area contributed by atoms with Crippen molar-refractivity contribution in [1.82, 2.24) is 0 Å². The zero-order valence-corrected chi connectivity index (χ0v) is 13.9. The monoisotopic (exact) mass is 252 g/mol. The first-order valence-electron chi connectivity index (χ1n) is 3.51. The molecule has 12 heavy (non-hydrogen) atoms. The van der Waals surface area contributed by atoms with E-state index in [4.69, 9.17) is 0 Å². The van der Waals surface area contributed by atoms with Crippen LogP contribution in [0.15, 0.2) is 0 Å². The summed E-state index contributed by atoms with van der Waals surface area (Å²) >= 11 is 2.10. The van der Waals surface area contributed by atoms with E-state index in [1.54, 1.807) is 0 Å². The van der Waals surface area contributed by atoms with Crippen molar-refractivity contribution in [3.8, 4) is 0 Å². The predicted molar refractivity (Wildman–Crippen MR) is 53.1 cm³/mol. The molecule has 0 bridgehead atoms. The van der Waals surface area contributed by atoms with Crippen molar-refractivity contribution < 1.29 is 60.8 Å². The fourth-order valence-corrected chi connectivity index (χ4v) is 8.42. The van der Waals surface area contributed by atoms with Gasteiger partial charge in [0.05, 0.1) is 0 Å². The minimum absolute atomic E-state index is 0. The Balaban J connectivity index is 0. The van der Waals surface area contributed by atoms with Gasteiger partial charge in [-0.3, -0.25) is 0 Å². The van der Waals surface area contributed by atoms with E-state index < -0.39 is 5.77 Å². The van der Waals surface area contributed by atoms with Crippen LogP contribution in [0.1, 0.15) is 27.7 Å². The first-order chi connectivity index (χ1) is 4.83. The van der Waals surface area contributed by atoms with Crippen LogP contribution >= 0.6 is 28.5 Å². The van der Waals surface area contributed by atoms with Gasteiger partial charge in [0.15, 0.2) is 0 Å². The molecule has 0 atom stereocenters. The molecule has 68 valence electrons. The normalized spacial score (nSPS) is 11.9. The molecule has 0 fully saturated rings. The molecular formula is C6H14KO2PS2. The van der Waals surface area contributed by atoms with Crippen molar-refractivity contribution in [2.45, 2.75) is 38.2 Å². The quantitative estimate of drug-likeness (QED) is 0.511. The van der Waals surface area contributed by atoms with Crippen molar-refractivity contribution in [3.63, 3.8) is 0 Å². The second kappa shape index (κ2) is 7.77. The summed E-state index contributed by atoms with van der Waals surface area (Å²) in [6.45, 7) is 7.54. The second-order valence-corrected chi connectivity index (χ2v) is 10.8. The van der Waals surface area contributed by atoms with Crippen molar-refractivity contribution in [1.29, 1.82) is 0 Å². The topological polar surface area (TPSA) is 40.1 Å². The van der Waals surface area contributed by atoms with Gasteiger partial charge in [0, 0.05) is 10.5 Å². The third-order valence-electron chi connectivity index (χ3n) is 0.680. The maximum Gasteiger partial charge on any atom is 1.00 e. The van der Waals surface area contributed by atoms with Crippen LogP contribution < -0.4 is 56.3 Å². The Morgan fingerprint density at radius 3 is 1.50 bits per heavy atom. The summed E-state index contributed by atoms with van der Waals surface area (Å²) < 4.78 is 11.2. The molecule has 0 rings (SSSR count). The van der Waals surface area contributed by atoms with Gasteiger partial charge in [-0.2, -0.15) is 0 Å². The van der Waals surface area contributed by atoms with Crippen molar-refractivity contribution >= 4 is 28.5 Å². The molecule has 0 aromatic rings. The smallest absolute Gasteiger partial charge is 0.784 e. The van der Waals surface area contributed by atoms with Crippen LogP contribution in [0, 0.1) is 0 Å². The van der Waals surface area contributed by atoms with Crippen LogP contribution in [0.4, 0.5) is 0 Å². The van der Waals surface area contributed by atoms with Gasteiger partial charge in [-0.25, -0.2) is 0 Å². The molecule has 0 aliphatic heterocycles. The Kier molecular flexibility index (Phi) is 11.0. The molecule has 0 aliphatic carbocycles. The maximum atomic E-state index is 11.2. The molecule has 0 amide bonds. The van der Waals surface area contributed by atoms with Gasteiger partial charge in [0.25, 0.3) is 0 Å². The molecule has 0 saturated heterocycles. The van der Waals surface area contributed by atoms with Gasteiger partial charge in [0.1, 0.15) is 5.77 Å². The Morgan fingerprint density at radius 2 is 1.33 bits per heavy atom. The van der Waals surface area contributed by atoms with E-state index >= 15 is 0 Å². The van der Waals surface area contributed by atoms with E-state index in [1.807, 2.05) is 27.7 Å². The minimum Gasteiger partial charge on any atom is -0.784 e. The summed E-state index contributed by atoms with van der Waals surface area (Å²) in [5.41, 5.74) is 0. The van der Waals surface area contributed by atoms with Crippen molar-refractivity contribution in [3.05, 3.63) is 0 Å². The van der Waals surface area contributed by atoms with Crippen LogP contribution in [-0.2, 0) is 4.57 Å². The predicted octanol–water partition coefficient (Wildman–Crippen LogP) is -0.258. The summed E-state index contributed by atoms with van der Waals surface area (Å²) in [6, 6.07) is 0. The van der Waals surface area contributed by atoms with Crippen LogP contribution in [0.25, 0.3) is 0 Å². The molecule has 0 saturated carbocycles. The molecular weight excluding hydrogens is 238 g/mol. The van der Waals surface area contributed by atoms with Crippen molar-refractivity contribution in [2.24, 2.45) is 0 Å². The SMILES string of the molecule is CC(C)SP(=O)([O-])SC(C)C.[K+]. The molecule has 2 nitrogen and oxygen atoms in total. The van der Waals surface area contributed by atoms with E-state index in [0.717, 1.165) is 22.8 Å². The van der Waals surface area contributed by atoms with Crippen LogP contribution in [0.5, 0.6) is 0 Å². The van der Waals surface area contributed by atoms with Crippen molar-refractivity contribution in [2.75, 3.05) is 0 Å². The molecule has 0 heterocycles. The molecule has 0 radical (unpaired) electrons. The first kappa shape index (κ1) is 16.9. The van der Waals surface area contributed by atoms with Crippen LogP contribution in [-0.4, -0.2) is 10.5 Å². The van der Waals surface area contributed by atoms with Gasteiger partial charge in [-0.1, -0.05) is 50.5 Å². The van der Waals surface area contributed by atoms with Gasteiger partial charge < -0.3 is 9.46 Å². The van der Waals surface area contributed by atoms with Crippen LogP contribution in [0.3, 0.4) is 0 Å². The van der Waals surface area contributed by atoms with Gasteiger partial charge in [-0.05, 0) is 0 Å². The Bertz CT molecular complexity index is 150. The Morgan fingerprint density at radius 1 is 1.08 bits per heavy atom. The van der Waals surface area contributed by atoms with Crippen LogP contribution in [0.2, 0.25) is 0 Å². The molecule has 6 heteroatoms. The molecule has 0 aromatic carbocycles. The van der Waals surface area contributed by atoms with E-state index in [9.17, 15) is 9.46 Å². The van der Waals surface area contributed by atoms with Gasteiger partial charge >= 0.3 is 51.4 Å². The third kappa shape index (κ3) is 10.6. The van der Waals surface area contributed by atoms with E-state index in [2.05, 4.69) is 0 Å². The summed E-state index contributed by atoms with van der Waals surface area (Å²) in [5, 5.41) is 0.314. The summed E-state index contributed by atoms with van der Waals surface area (Å²) in [4.78, 5) is 11.2. The molecule has 0 aromatic heterocycles. The van der Waals surface area contributed by atoms with Gasteiger partial charge in [0.2, 0.25) is 0 Å². The van der Waals surface area contributed by atoms with E-state index in [1.165, 1.54) is 0 Å². The maximum absolute atomic E-state index is 11.2. The van der Waals surface area contributed by atoms with E-state index in [-0.39, 0.29) is 61.9 Å². The fourth-order valence-electron chi connectivity index (χ4n) is 0.541. The largest absolute Gasteiger partial charge is 1.00 e. The standard InChI is InChI=1S/C6H15O2PS2.K/c1-5(2)10-9(7,8)11-6(3)4;/h5-6H,1-4H3,(H,7,8);/q;+1/p-1. The fraction of sp³-hybridized carbons (Fsp3) is 1.00. The molecule has 0 spiro atoms. The number of rotatable bonds is 4. The summed E-state index contributed by atoms with van der Waals surface area (Å²) in [5.74, 6) is -3.22. The first-order valence-corrected chi connectivity index (χ1v) is 8.11. The third-order valence-corrected chi connectivity index (χ3v) is 7.67. The summed E-state index contributed by atoms with van der Waals surface area (Å²) in [7, 11) is 0. The Hall–Kier alpha value is 2.53. The zero-order valence-electron chi connectivity index (χ0n) is 8.23. The zero-order chi connectivity index (χ0) is 9.07. The molecule has 0 unspecified atom stereocenters. The summed E-state index contributed by atoms with van der Waals surface area (Å²) in [6.07, 6.45) is 0. The number of hydrogen-bond donors (Lipinski definition) is 0. The minimum atomic E-state index is -3.22. The molecule has 0 aliphatic rings. The average molecular weight is 252 g/mol. The van der Waals surface area contributed by atoms with E-state index in [0.29, 0.717) is 0 Å². The van der Waals surface area contributed by atoms with Gasteiger partial charge in [-0.15, -0.1) is 0 Å².